The first-order valence-electron chi connectivity index (χ1n) is 9.76. The first-order chi connectivity index (χ1) is 14.4. The third-order valence-electron chi connectivity index (χ3n) is 4.82. The second-order valence-corrected chi connectivity index (χ2v) is 9.05. The predicted octanol–water partition coefficient (Wildman–Crippen LogP) is 1.71. The van der Waals surface area contributed by atoms with E-state index in [0.29, 0.717) is 18.7 Å². The molecule has 1 aliphatic rings. The smallest absolute Gasteiger partial charge is 0.244 e. The highest BCUT2D eigenvalue weighted by Gasteiger charge is 2.28. The van der Waals surface area contributed by atoms with E-state index in [-0.39, 0.29) is 12.3 Å². The van der Waals surface area contributed by atoms with Crippen LogP contribution < -0.4 is 14.9 Å². The van der Waals surface area contributed by atoms with Crippen molar-refractivity contribution in [3.05, 3.63) is 71.8 Å². The summed E-state index contributed by atoms with van der Waals surface area (Å²) >= 11 is 0. The van der Waals surface area contributed by atoms with Gasteiger partial charge in [0.05, 0.1) is 11.4 Å². The van der Waals surface area contributed by atoms with Crippen LogP contribution in [-0.4, -0.2) is 45.1 Å². The molecule has 1 heterocycles. The average molecular weight is 428 g/mol. The lowest BCUT2D eigenvalue weighted by molar-refractivity contribution is -0.126. The van der Waals surface area contributed by atoms with Crippen LogP contribution in [0, 0.1) is 0 Å². The van der Waals surface area contributed by atoms with Crippen molar-refractivity contribution in [1.29, 1.82) is 0 Å². The van der Waals surface area contributed by atoms with Crippen molar-refractivity contribution in [2.75, 3.05) is 23.1 Å². The standard InChI is InChI=1S/C22H25N3O4S/c1-17(24-21(26)12-11-18-7-3-2-4-8-18)22(27)23-14-16-30(28,29)25-15-13-19-9-5-6-10-20(19)25/h2-12,17H,13-16H2,1H3,(H,23,27)(H,24,26)/b12-11+. The second-order valence-electron chi connectivity index (χ2n) is 7.03. The molecule has 0 saturated carbocycles. The van der Waals surface area contributed by atoms with Gasteiger partial charge in [0.15, 0.2) is 0 Å². The summed E-state index contributed by atoms with van der Waals surface area (Å²) in [7, 11) is -3.54. The SMILES string of the molecule is CC(NC(=O)/C=C/c1ccccc1)C(=O)NCCS(=O)(=O)N1CCc2ccccc21. The lowest BCUT2D eigenvalue weighted by Gasteiger charge is -2.20. The van der Waals surface area contributed by atoms with Gasteiger partial charge in [-0.25, -0.2) is 8.42 Å². The molecule has 0 aromatic heterocycles. The van der Waals surface area contributed by atoms with Crippen LogP contribution in [0.25, 0.3) is 6.08 Å². The molecule has 0 radical (unpaired) electrons. The van der Waals surface area contributed by atoms with E-state index in [2.05, 4.69) is 10.6 Å². The van der Waals surface area contributed by atoms with Crippen LogP contribution in [0.2, 0.25) is 0 Å². The zero-order chi connectivity index (χ0) is 21.6. The quantitative estimate of drug-likeness (QED) is 0.627. The van der Waals surface area contributed by atoms with Crippen molar-refractivity contribution in [2.24, 2.45) is 0 Å². The summed E-state index contributed by atoms with van der Waals surface area (Å²) in [5.41, 5.74) is 2.58. The highest BCUT2D eigenvalue weighted by atomic mass is 32.2. The van der Waals surface area contributed by atoms with E-state index in [0.717, 1.165) is 11.1 Å². The Kier molecular flexibility index (Phi) is 6.89. The number of para-hydroxylation sites is 1. The molecule has 2 aromatic carbocycles. The van der Waals surface area contributed by atoms with Gasteiger partial charge in [-0.05, 0) is 36.6 Å². The van der Waals surface area contributed by atoms with E-state index in [1.165, 1.54) is 10.4 Å². The minimum absolute atomic E-state index is 0.0279. The fourth-order valence-electron chi connectivity index (χ4n) is 3.23. The number of benzene rings is 2. The van der Waals surface area contributed by atoms with Gasteiger partial charge >= 0.3 is 0 Å². The maximum Gasteiger partial charge on any atom is 0.244 e. The minimum Gasteiger partial charge on any atom is -0.353 e. The van der Waals surface area contributed by atoms with Crippen LogP contribution in [0.5, 0.6) is 0 Å². The molecule has 30 heavy (non-hydrogen) atoms. The van der Waals surface area contributed by atoms with Crippen LogP contribution in [0.4, 0.5) is 5.69 Å². The van der Waals surface area contributed by atoms with Crippen LogP contribution in [0.15, 0.2) is 60.7 Å². The highest BCUT2D eigenvalue weighted by Crippen LogP contribution is 2.29. The fraction of sp³-hybridized carbons (Fsp3) is 0.273. The van der Waals surface area contributed by atoms with Gasteiger partial charge in [-0.2, -0.15) is 0 Å². The molecular weight excluding hydrogens is 402 g/mol. The minimum atomic E-state index is -3.54. The molecule has 158 valence electrons. The van der Waals surface area contributed by atoms with Crippen molar-refractivity contribution in [3.8, 4) is 0 Å². The van der Waals surface area contributed by atoms with E-state index in [1.807, 2.05) is 48.5 Å². The Labute approximate surface area is 176 Å². The molecule has 1 unspecified atom stereocenters. The first kappa shape index (κ1) is 21.6. The third kappa shape index (κ3) is 5.48. The Morgan fingerprint density at radius 1 is 1.10 bits per heavy atom. The van der Waals surface area contributed by atoms with E-state index in [1.54, 1.807) is 19.1 Å². The Balaban J connectivity index is 1.46. The lowest BCUT2D eigenvalue weighted by atomic mass is 10.2. The molecule has 0 fully saturated rings. The molecular formula is C22H25N3O4S. The topological polar surface area (TPSA) is 95.6 Å². The first-order valence-corrected chi connectivity index (χ1v) is 11.4. The lowest BCUT2D eigenvalue weighted by Crippen LogP contribution is -2.46. The molecule has 0 aliphatic carbocycles. The molecule has 0 bridgehead atoms. The summed E-state index contributed by atoms with van der Waals surface area (Å²) in [5.74, 6) is -1.04. The Bertz CT molecular complexity index is 1040. The van der Waals surface area contributed by atoms with Crippen molar-refractivity contribution in [1.82, 2.24) is 10.6 Å². The number of nitrogens with zero attached hydrogens (tertiary/aromatic N) is 1. The number of anilines is 1. The summed E-state index contributed by atoms with van der Waals surface area (Å²) in [6, 6.07) is 16.0. The van der Waals surface area contributed by atoms with Gasteiger partial charge in [-0.1, -0.05) is 48.5 Å². The normalized spacial score (nSPS) is 14.4. The number of nitrogens with one attached hydrogen (secondary N) is 2. The number of hydrogen-bond acceptors (Lipinski definition) is 4. The summed E-state index contributed by atoms with van der Waals surface area (Å²) in [6.45, 7) is 1.94. The van der Waals surface area contributed by atoms with E-state index < -0.39 is 27.9 Å². The van der Waals surface area contributed by atoms with Gasteiger partial charge in [-0.15, -0.1) is 0 Å². The van der Waals surface area contributed by atoms with Gasteiger partial charge < -0.3 is 10.6 Å². The molecule has 2 amide bonds. The molecule has 7 nitrogen and oxygen atoms in total. The Morgan fingerprint density at radius 2 is 1.80 bits per heavy atom. The fourth-order valence-corrected chi connectivity index (χ4v) is 4.65. The Morgan fingerprint density at radius 3 is 2.57 bits per heavy atom. The molecule has 1 aliphatic heterocycles. The number of hydrogen-bond donors (Lipinski definition) is 2. The third-order valence-corrected chi connectivity index (χ3v) is 6.59. The number of carbonyl (C=O) groups excluding carboxylic acids is 2. The van der Waals surface area contributed by atoms with Gasteiger partial charge in [-0.3, -0.25) is 13.9 Å². The summed E-state index contributed by atoms with van der Waals surface area (Å²) in [5, 5.41) is 5.15. The molecule has 1 atom stereocenters. The number of sulfonamides is 1. The molecule has 0 saturated heterocycles. The van der Waals surface area contributed by atoms with Gasteiger partial charge in [0.2, 0.25) is 21.8 Å². The monoisotopic (exact) mass is 427 g/mol. The van der Waals surface area contributed by atoms with Crippen molar-refractivity contribution in [3.63, 3.8) is 0 Å². The second kappa shape index (κ2) is 9.58. The van der Waals surface area contributed by atoms with Gasteiger partial charge in [0, 0.05) is 19.2 Å². The summed E-state index contributed by atoms with van der Waals surface area (Å²) in [4.78, 5) is 24.2. The van der Waals surface area contributed by atoms with Crippen molar-refractivity contribution in [2.45, 2.75) is 19.4 Å². The maximum atomic E-state index is 12.6. The predicted molar refractivity (Wildman–Crippen MR) is 117 cm³/mol. The van der Waals surface area contributed by atoms with Gasteiger partial charge in [0.25, 0.3) is 0 Å². The summed E-state index contributed by atoms with van der Waals surface area (Å²) in [6.07, 6.45) is 3.69. The van der Waals surface area contributed by atoms with Crippen LogP contribution >= 0.6 is 0 Å². The van der Waals surface area contributed by atoms with Crippen LogP contribution in [0.1, 0.15) is 18.1 Å². The molecule has 0 spiro atoms. The molecule has 3 rings (SSSR count). The number of rotatable bonds is 8. The van der Waals surface area contributed by atoms with Crippen molar-refractivity contribution < 1.29 is 18.0 Å². The average Bonchev–Trinajstić information content (AvgIpc) is 3.18. The number of carbonyl (C=O) groups is 2. The zero-order valence-corrected chi connectivity index (χ0v) is 17.6. The van der Waals surface area contributed by atoms with Crippen LogP contribution in [-0.2, 0) is 26.0 Å². The largest absolute Gasteiger partial charge is 0.353 e. The number of amides is 2. The zero-order valence-electron chi connectivity index (χ0n) is 16.7. The van der Waals surface area contributed by atoms with Crippen molar-refractivity contribution >= 4 is 33.6 Å². The summed E-state index contributed by atoms with van der Waals surface area (Å²) < 4.78 is 26.7. The van der Waals surface area contributed by atoms with E-state index >= 15 is 0 Å². The van der Waals surface area contributed by atoms with Crippen LogP contribution in [0.3, 0.4) is 0 Å². The van der Waals surface area contributed by atoms with E-state index in [9.17, 15) is 18.0 Å². The number of fused-ring (bicyclic) bond motifs is 1. The van der Waals surface area contributed by atoms with Gasteiger partial charge in [0.1, 0.15) is 6.04 Å². The highest BCUT2D eigenvalue weighted by molar-refractivity contribution is 7.92. The Hall–Kier alpha value is -3.13. The molecule has 8 heteroatoms. The van der Waals surface area contributed by atoms with E-state index in [4.69, 9.17) is 0 Å². The molecule has 2 N–H and O–H groups in total. The maximum absolute atomic E-state index is 12.6. The molecule has 2 aromatic rings.